The van der Waals surface area contributed by atoms with Crippen molar-refractivity contribution in [1.29, 1.82) is 0 Å². The Labute approximate surface area is 293 Å². The molecule has 5 rings (SSSR count). The third-order valence-corrected chi connectivity index (χ3v) is 8.93. The fourth-order valence-corrected chi connectivity index (χ4v) is 6.08. The highest BCUT2D eigenvalue weighted by Gasteiger charge is 2.51. The van der Waals surface area contributed by atoms with Crippen molar-refractivity contribution in [1.82, 2.24) is 4.90 Å². The van der Waals surface area contributed by atoms with E-state index in [4.69, 9.17) is 14.2 Å². The first-order valence-electron chi connectivity index (χ1n) is 15.0. The Kier molecular flexibility index (Phi) is 10.9. The highest BCUT2D eigenvalue weighted by molar-refractivity contribution is 7.10. The van der Waals surface area contributed by atoms with Gasteiger partial charge >= 0.3 is 24.3 Å². The van der Waals surface area contributed by atoms with Crippen molar-refractivity contribution in [2.24, 2.45) is 0 Å². The highest BCUT2D eigenvalue weighted by atomic mass is 32.1. The monoisotopic (exact) mass is 748 g/mol. The number of anilines is 1. The molecule has 0 atom stereocenters. The topological polar surface area (TPSA) is 169 Å². The lowest BCUT2D eigenvalue weighted by Gasteiger charge is -2.28. The van der Waals surface area contributed by atoms with Crippen LogP contribution in [0.25, 0.3) is 11.1 Å². The zero-order chi connectivity index (χ0) is 37.8. The van der Waals surface area contributed by atoms with Crippen molar-refractivity contribution < 1.29 is 70.3 Å². The van der Waals surface area contributed by atoms with Gasteiger partial charge in [0.15, 0.2) is 11.6 Å². The van der Waals surface area contributed by atoms with Crippen LogP contribution in [0, 0.1) is 11.6 Å². The zero-order valence-electron chi connectivity index (χ0n) is 26.4. The molecule has 272 valence electrons. The molecule has 0 bridgehead atoms. The van der Waals surface area contributed by atoms with Crippen LogP contribution in [0.15, 0.2) is 72.1 Å². The van der Waals surface area contributed by atoms with E-state index in [0.29, 0.717) is 6.07 Å². The van der Waals surface area contributed by atoms with Gasteiger partial charge in [-0.2, -0.15) is 13.2 Å². The Hall–Kier alpha value is -5.88. The molecule has 1 aromatic heterocycles. The molecule has 3 aromatic carbocycles. The minimum Gasteiger partial charge on any atom is -0.480 e. The van der Waals surface area contributed by atoms with Crippen LogP contribution < -0.4 is 10.1 Å². The second-order valence-corrected chi connectivity index (χ2v) is 12.0. The number of nitrogens with one attached hydrogen (secondary N) is 1. The normalized spacial score (nSPS) is 13.3. The lowest BCUT2D eigenvalue weighted by molar-refractivity contribution is -0.160. The number of morpholine rings is 1. The minimum atomic E-state index is -4.62. The minimum absolute atomic E-state index is 0.0472. The molecule has 0 aliphatic carbocycles. The van der Waals surface area contributed by atoms with Gasteiger partial charge in [-0.15, -0.1) is 11.3 Å². The molecule has 52 heavy (non-hydrogen) atoms. The maximum atomic E-state index is 16.2. The largest absolute Gasteiger partial charge is 0.514 e. The number of carbonyl (C=O) groups excluding carboxylic acids is 3. The number of carboxylic acid groups (broad SMARTS) is 2. The van der Waals surface area contributed by atoms with E-state index in [9.17, 15) is 47.4 Å². The number of thiophene rings is 1. The highest BCUT2D eigenvalue weighted by Crippen LogP contribution is 2.36. The Morgan fingerprint density at radius 3 is 2.15 bits per heavy atom. The third-order valence-electron chi connectivity index (χ3n) is 7.90. The number of carboxylic acids is 2. The summed E-state index contributed by atoms with van der Waals surface area (Å²) >= 11 is 0.731. The van der Waals surface area contributed by atoms with E-state index in [1.165, 1.54) is 41.8 Å². The number of hydrogen-bond donors (Lipinski definition) is 3. The van der Waals surface area contributed by atoms with Gasteiger partial charge < -0.3 is 34.6 Å². The molecule has 0 radical (unpaired) electrons. The van der Waals surface area contributed by atoms with E-state index in [1.54, 1.807) is 0 Å². The quantitative estimate of drug-likeness (QED) is 0.0751. The summed E-state index contributed by atoms with van der Waals surface area (Å²) in [4.78, 5) is 64.8. The SMILES string of the molecule is O=C(OCC(C(=O)O)(C(=O)O)c1cccs1)Oc1c(F)cc(NC(=O)c2ccccc2-c2ccc(C(F)(F)F)cc2)c(C(=O)N2CCOCC2)c1F. The van der Waals surface area contributed by atoms with Gasteiger partial charge in [-0.3, -0.25) is 19.2 Å². The first kappa shape index (κ1) is 37.4. The number of nitrogens with zero attached hydrogens (tertiary/aromatic N) is 1. The van der Waals surface area contributed by atoms with Gasteiger partial charge in [-0.05, 0) is 40.8 Å². The average Bonchev–Trinajstić information content (AvgIpc) is 3.65. The van der Waals surface area contributed by atoms with Crippen molar-refractivity contribution in [3.05, 3.63) is 105 Å². The van der Waals surface area contributed by atoms with Gasteiger partial charge in [0.1, 0.15) is 12.2 Å². The molecule has 2 heterocycles. The molecule has 18 heteroatoms. The van der Waals surface area contributed by atoms with E-state index in [2.05, 4.69) is 5.32 Å². The number of amides is 2. The smallest absolute Gasteiger partial charge is 0.480 e. The van der Waals surface area contributed by atoms with Gasteiger partial charge in [-0.25, -0.2) is 13.6 Å². The number of hydrogen-bond acceptors (Lipinski definition) is 9. The average molecular weight is 749 g/mol. The summed E-state index contributed by atoms with van der Waals surface area (Å²) in [7, 11) is 0. The molecule has 1 saturated heterocycles. The molecule has 0 saturated carbocycles. The fraction of sp³-hybridized carbons (Fsp3) is 0.206. The number of benzene rings is 3. The van der Waals surface area contributed by atoms with Gasteiger partial charge in [-0.1, -0.05) is 36.4 Å². The van der Waals surface area contributed by atoms with Crippen LogP contribution in [0.4, 0.5) is 32.4 Å². The van der Waals surface area contributed by atoms with Crippen LogP contribution in [-0.2, 0) is 30.7 Å². The lowest BCUT2D eigenvalue weighted by Crippen LogP contribution is -2.47. The summed E-state index contributed by atoms with van der Waals surface area (Å²) in [5.74, 6) is -10.8. The lowest BCUT2D eigenvalue weighted by atomic mass is 9.87. The predicted molar refractivity (Wildman–Crippen MR) is 171 cm³/mol. The molecule has 12 nitrogen and oxygen atoms in total. The molecule has 0 unspecified atom stereocenters. The number of alkyl halides is 3. The fourth-order valence-electron chi connectivity index (χ4n) is 5.19. The van der Waals surface area contributed by atoms with E-state index in [0.717, 1.165) is 40.5 Å². The van der Waals surface area contributed by atoms with E-state index < -0.39 is 82.3 Å². The van der Waals surface area contributed by atoms with Crippen LogP contribution in [0.5, 0.6) is 5.75 Å². The van der Waals surface area contributed by atoms with Crippen LogP contribution in [0.3, 0.4) is 0 Å². The molecule has 1 aliphatic heterocycles. The first-order valence-corrected chi connectivity index (χ1v) is 15.9. The third kappa shape index (κ3) is 7.57. The second kappa shape index (κ2) is 15.2. The molecule has 2 amide bonds. The molecular formula is C34H25F5N2O10S. The summed E-state index contributed by atoms with van der Waals surface area (Å²) in [5.41, 5.74) is -5.23. The Morgan fingerprint density at radius 1 is 0.904 bits per heavy atom. The van der Waals surface area contributed by atoms with Gasteiger partial charge in [0, 0.05) is 29.6 Å². The van der Waals surface area contributed by atoms with Gasteiger partial charge in [0.2, 0.25) is 11.2 Å². The maximum absolute atomic E-state index is 16.2. The number of carbonyl (C=O) groups is 5. The molecule has 1 fully saturated rings. The summed E-state index contributed by atoms with van der Waals surface area (Å²) in [6.45, 7) is -1.36. The van der Waals surface area contributed by atoms with Crippen LogP contribution >= 0.6 is 11.3 Å². The van der Waals surface area contributed by atoms with E-state index >= 15 is 8.78 Å². The van der Waals surface area contributed by atoms with Crippen molar-refractivity contribution in [2.45, 2.75) is 11.6 Å². The van der Waals surface area contributed by atoms with Gasteiger partial charge in [0.25, 0.3) is 11.8 Å². The molecule has 4 aromatic rings. The van der Waals surface area contributed by atoms with Crippen LogP contribution in [0.2, 0.25) is 0 Å². The Bertz CT molecular complexity index is 2000. The van der Waals surface area contributed by atoms with Crippen molar-refractivity contribution in [3.8, 4) is 16.9 Å². The molecular weight excluding hydrogens is 723 g/mol. The zero-order valence-corrected chi connectivity index (χ0v) is 27.2. The number of aliphatic carboxylic acids is 2. The van der Waals surface area contributed by atoms with Crippen molar-refractivity contribution >= 4 is 46.9 Å². The molecule has 0 spiro atoms. The van der Waals surface area contributed by atoms with Crippen molar-refractivity contribution in [3.63, 3.8) is 0 Å². The predicted octanol–water partition coefficient (Wildman–Crippen LogP) is 6.06. The Morgan fingerprint density at radius 2 is 1.56 bits per heavy atom. The maximum Gasteiger partial charge on any atom is 0.514 e. The number of ether oxygens (including phenoxy) is 3. The summed E-state index contributed by atoms with van der Waals surface area (Å²) in [6, 6.07) is 12.5. The Balaban J connectivity index is 1.47. The molecule has 3 N–H and O–H groups in total. The molecule has 1 aliphatic rings. The summed E-state index contributed by atoms with van der Waals surface area (Å²) in [6.07, 6.45) is -6.54. The first-order chi connectivity index (χ1) is 24.6. The van der Waals surface area contributed by atoms with E-state index in [-0.39, 0.29) is 47.9 Å². The summed E-state index contributed by atoms with van der Waals surface area (Å²) in [5, 5.41) is 23.1. The standard InChI is InChI=1S/C34H25F5N2O10S/c35-22-16-23(40-28(42)21-5-2-1-4-20(21)18-7-9-19(10-8-18)34(37,38)39)25(29(43)41-11-13-49-14-12-41)26(36)27(22)51-32(48)50-17-33(30(44)45,31(46)47)24-6-3-15-52-24/h1-10,15-16H,11-14,17H2,(H,40,42)(H,44,45)(H,46,47). The second-order valence-electron chi connectivity index (χ2n) is 11.0. The van der Waals surface area contributed by atoms with Crippen LogP contribution in [0.1, 0.15) is 31.2 Å². The summed E-state index contributed by atoms with van der Waals surface area (Å²) < 4.78 is 85.7. The number of rotatable bonds is 10. The van der Waals surface area contributed by atoms with Gasteiger partial charge in [0.05, 0.1) is 24.5 Å². The van der Waals surface area contributed by atoms with Crippen LogP contribution in [-0.4, -0.2) is 77.9 Å². The van der Waals surface area contributed by atoms with Crippen molar-refractivity contribution in [2.75, 3.05) is 38.2 Å². The van der Waals surface area contributed by atoms with E-state index in [1.807, 2.05) is 0 Å². The number of halogens is 5.